The van der Waals surface area contributed by atoms with Crippen molar-refractivity contribution in [1.82, 2.24) is 0 Å². The molecule has 0 amide bonds. The molecule has 0 atom stereocenters. The predicted octanol–water partition coefficient (Wildman–Crippen LogP) is 3.77. The summed E-state index contributed by atoms with van der Waals surface area (Å²) in [7, 11) is 1.50. The summed E-state index contributed by atoms with van der Waals surface area (Å²) in [6.45, 7) is 4.02. The van der Waals surface area contributed by atoms with Crippen molar-refractivity contribution < 1.29 is 14.4 Å². The van der Waals surface area contributed by atoms with Crippen LogP contribution in [0.25, 0.3) is 6.08 Å². The second kappa shape index (κ2) is 6.99. The molecule has 0 saturated carbocycles. The summed E-state index contributed by atoms with van der Waals surface area (Å²) in [6, 6.07) is 3.28. The monoisotopic (exact) mass is 285 g/mol. The Hall–Kier alpha value is -1.75. The number of nitro groups is 1. The van der Waals surface area contributed by atoms with Crippen LogP contribution in [0.5, 0.6) is 11.5 Å². The van der Waals surface area contributed by atoms with Crippen LogP contribution in [-0.2, 0) is 0 Å². The lowest BCUT2D eigenvalue weighted by Crippen LogP contribution is -1.98. The molecule has 5 nitrogen and oxygen atoms in total. The van der Waals surface area contributed by atoms with E-state index in [-0.39, 0.29) is 5.70 Å². The minimum absolute atomic E-state index is 0.113. The Morgan fingerprint density at radius 2 is 2.16 bits per heavy atom. The van der Waals surface area contributed by atoms with Crippen LogP contribution in [0.4, 0.5) is 0 Å². The van der Waals surface area contributed by atoms with Gasteiger partial charge in [-0.15, -0.1) is 0 Å². The third-order valence-corrected chi connectivity index (χ3v) is 2.75. The van der Waals surface area contributed by atoms with Crippen LogP contribution < -0.4 is 9.47 Å². The average molecular weight is 286 g/mol. The molecule has 0 aliphatic heterocycles. The summed E-state index contributed by atoms with van der Waals surface area (Å²) >= 11 is 6.09. The molecule has 0 aliphatic carbocycles. The van der Waals surface area contributed by atoms with Crippen LogP contribution in [0.15, 0.2) is 17.8 Å². The van der Waals surface area contributed by atoms with Gasteiger partial charge in [0, 0.05) is 12.5 Å². The number of benzene rings is 1. The van der Waals surface area contributed by atoms with Gasteiger partial charge < -0.3 is 9.47 Å². The van der Waals surface area contributed by atoms with Crippen molar-refractivity contribution >= 4 is 17.7 Å². The lowest BCUT2D eigenvalue weighted by molar-refractivity contribution is -0.425. The highest BCUT2D eigenvalue weighted by atomic mass is 35.5. The Morgan fingerprint density at radius 1 is 1.47 bits per heavy atom. The number of hydrogen-bond acceptors (Lipinski definition) is 4. The first kappa shape index (κ1) is 15.3. The summed E-state index contributed by atoms with van der Waals surface area (Å²) in [6.07, 6.45) is 1.81. The molecule has 104 valence electrons. The van der Waals surface area contributed by atoms with E-state index in [1.54, 1.807) is 19.1 Å². The normalized spacial score (nSPS) is 11.3. The largest absolute Gasteiger partial charge is 0.493 e. The van der Waals surface area contributed by atoms with E-state index in [0.29, 0.717) is 35.1 Å². The number of ether oxygens (including phenoxy) is 2. The molecule has 1 rings (SSSR count). The summed E-state index contributed by atoms with van der Waals surface area (Å²) in [5.41, 5.74) is 0.723. The highest BCUT2D eigenvalue weighted by Crippen LogP contribution is 2.37. The molecule has 0 bridgehead atoms. The van der Waals surface area contributed by atoms with E-state index in [9.17, 15) is 10.1 Å². The summed E-state index contributed by atoms with van der Waals surface area (Å²) < 4.78 is 10.6. The summed E-state index contributed by atoms with van der Waals surface area (Å²) in [5, 5.41) is 11.2. The van der Waals surface area contributed by atoms with Crippen molar-refractivity contribution in [3.8, 4) is 11.5 Å². The first-order chi connectivity index (χ1) is 9.03. The molecule has 0 radical (unpaired) electrons. The van der Waals surface area contributed by atoms with Crippen LogP contribution in [-0.4, -0.2) is 18.6 Å². The van der Waals surface area contributed by atoms with Crippen LogP contribution in [0, 0.1) is 10.1 Å². The molecule has 0 fully saturated rings. The standard InChI is InChI=1S/C13H16ClNO4/c1-4-10(15(16)17)6-9-7-11(14)13(19-5-2)12(8-9)18-3/h6-8H,4-5H2,1-3H3/b10-6-. The van der Waals surface area contributed by atoms with Crippen molar-refractivity contribution in [3.05, 3.63) is 38.5 Å². The first-order valence-corrected chi connectivity index (χ1v) is 6.26. The molecule has 0 aliphatic rings. The highest BCUT2D eigenvalue weighted by Gasteiger charge is 2.13. The maximum atomic E-state index is 10.8. The van der Waals surface area contributed by atoms with E-state index in [1.807, 2.05) is 6.92 Å². The van der Waals surface area contributed by atoms with Gasteiger partial charge in [0.15, 0.2) is 11.5 Å². The van der Waals surface area contributed by atoms with Crippen molar-refractivity contribution in [2.24, 2.45) is 0 Å². The lowest BCUT2D eigenvalue weighted by Gasteiger charge is -2.11. The Morgan fingerprint density at radius 3 is 2.63 bits per heavy atom. The third-order valence-electron chi connectivity index (χ3n) is 2.47. The molecule has 0 heterocycles. The number of methoxy groups -OCH3 is 1. The van der Waals surface area contributed by atoms with Gasteiger partial charge in [0.05, 0.1) is 23.7 Å². The molecule has 1 aromatic rings. The van der Waals surface area contributed by atoms with Crippen molar-refractivity contribution in [2.75, 3.05) is 13.7 Å². The van der Waals surface area contributed by atoms with Crippen LogP contribution in [0.1, 0.15) is 25.8 Å². The fourth-order valence-corrected chi connectivity index (χ4v) is 1.86. The van der Waals surface area contributed by atoms with Crippen LogP contribution >= 0.6 is 11.6 Å². The van der Waals surface area contributed by atoms with Crippen LogP contribution in [0.3, 0.4) is 0 Å². The quantitative estimate of drug-likeness (QED) is 0.589. The zero-order chi connectivity index (χ0) is 14.4. The average Bonchev–Trinajstić information content (AvgIpc) is 2.38. The van der Waals surface area contributed by atoms with Gasteiger partial charge in [-0.1, -0.05) is 18.5 Å². The van der Waals surface area contributed by atoms with Gasteiger partial charge >= 0.3 is 0 Å². The zero-order valence-electron chi connectivity index (χ0n) is 11.1. The fraction of sp³-hybridized carbons (Fsp3) is 0.385. The van der Waals surface area contributed by atoms with Gasteiger partial charge in [0.2, 0.25) is 5.70 Å². The molecular weight excluding hydrogens is 270 g/mol. The Labute approximate surface area is 116 Å². The van der Waals surface area contributed by atoms with E-state index >= 15 is 0 Å². The zero-order valence-corrected chi connectivity index (χ0v) is 11.9. The van der Waals surface area contributed by atoms with E-state index < -0.39 is 4.92 Å². The molecule has 6 heteroatoms. The maximum absolute atomic E-state index is 10.8. The van der Waals surface area contributed by atoms with E-state index in [0.717, 1.165) is 0 Å². The smallest absolute Gasteiger partial charge is 0.246 e. The van der Waals surface area contributed by atoms with Crippen LogP contribution in [0.2, 0.25) is 5.02 Å². The van der Waals surface area contributed by atoms with Gasteiger partial charge in [-0.3, -0.25) is 10.1 Å². The second-order valence-corrected chi connectivity index (χ2v) is 4.12. The minimum atomic E-state index is -0.406. The molecule has 0 N–H and O–H groups in total. The number of rotatable bonds is 6. The van der Waals surface area contributed by atoms with Gasteiger partial charge in [-0.05, 0) is 24.6 Å². The first-order valence-electron chi connectivity index (χ1n) is 5.88. The molecule has 0 saturated heterocycles. The topological polar surface area (TPSA) is 61.6 Å². The Bertz CT molecular complexity index is 500. The SMILES string of the molecule is CCOc1c(Cl)cc(/C=C(/CC)[N+](=O)[O-])cc1OC. The molecule has 0 aromatic heterocycles. The maximum Gasteiger partial charge on any atom is 0.246 e. The van der Waals surface area contributed by atoms with Gasteiger partial charge in [0.25, 0.3) is 0 Å². The molecule has 0 spiro atoms. The summed E-state index contributed by atoms with van der Waals surface area (Å²) in [4.78, 5) is 10.4. The number of hydrogen-bond donors (Lipinski definition) is 0. The highest BCUT2D eigenvalue weighted by molar-refractivity contribution is 6.32. The van der Waals surface area contributed by atoms with Gasteiger partial charge in [0.1, 0.15) is 0 Å². The summed E-state index contributed by atoms with van der Waals surface area (Å²) in [5.74, 6) is 0.905. The van der Waals surface area contributed by atoms with Crippen molar-refractivity contribution in [1.29, 1.82) is 0 Å². The minimum Gasteiger partial charge on any atom is -0.493 e. The Kier molecular flexibility index (Phi) is 5.63. The van der Waals surface area contributed by atoms with E-state index in [4.69, 9.17) is 21.1 Å². The van der Waals surface area contributed by atoms with Gasteiger partial charge in [-0.2, -0.15) is 0 Å². The third kappa shape index (κ3) is 3.86. The molecule has 19 heavy (non-hydrogen) atoms. The molecule has 0 unspecified atom stereocenters. The predicted molar refractivity (Wildman–Crippen MR) is 74.4 cm³/mol. The van der Waals surface area contributed by atoms with Gasteiger partial charge in [-0.25, -0.2) is 0 Å². The van der Waals surface area contributed by atoms with E-state index in [1.165, 1.54) is 13.2 Å². The number of halogens is 1. The second-order valence-electron chi connectivity index (χ2n) is 3.71. The Balaban J connectivity index is 3.25. The van der Waals surface area contributed by atoms with Crippen molar-refractivity contribution in [3.63, 3.8) is 0 Å². The molecule has 1 aromatic carbocycles. The van der Waals surface area contributed by atoms with E-state index in [2.05, 4.69) is 0 Å². The fourth-order valence-electron chi connectivity index (χ4n) is 1.58. The molecular formula is C13H16ClNO4. The number of nitrogens with zero attached hydrogens (tertiary/aromatic N) is 1. The lowest BCUT2D eigenvalue weighted by atomic mass is 10.1. The number of allylic oxidation sites excluding steroid dienone is 1. The van der Waals surface area contributed by atoms with Crippen molar-refractivity contribution in [2.45, 2.75) is 20.3 Å².